The van der Waals surface area contributed by atoms with Gasteiger partial charge in [-0.1, -0.05) is 34.1 Å². The molecule has 1 atom stereocenters. The standard InChI is InChI=1S/C16H13BrN2O2/c1-10(11-4-2-5-12(17)8-11)19-9-18-15-13(16(20)21)6-3-7-14(15)19/h2-10H,1H3,(H,20,21). The normalized spacial score (nSPS) is 12.5. The number of imidazole rings is 1. The summed E-state index contributed by atoms with van der Waals surface area (Å²) in [6.07, 6.45) is 1.70. The summed E-state index contributed by atoms with van der Waals surface area (Å²) in [5.41, 5.74) is 2.70. The number of hydrogen-bond acceptors (Lipinski definition) is 2. The molecule has 4 nitrogen and oxygen atoms in total. The zero-order valence-corrected chi connectivity index (χ0v) is 12.9. The van der Waals surface area contributed by atoms with Gasteiger partial charge in [-0.05, 0) is 36.8 Å². The first-order valence-electron chi connectivity index (χ1n) is 6.52. The Kier molecular flexibility index (Phi) is 3.51. The van der Waals surface area contributed by atoms with E-state index in [4.69, 9.17) is 0 Å². The van der Waals surface area contributed by atoms with Gasteiger partial charge in [-0.2, -0.15) is 0 Å². The van der Waals surface area contributed by atoms with E-state index in [0.717, 1.165) is 15.6 Å². The highest BCUT2D eigenvalue weighted by Crippen LogP contribution is 2.26. The SMILES string of the molecule is CC(c1cccc(Br)c1)n1cnc2c(C(=O)O)cccc21. The Morgan fingerprint density at radius 2 is 2.05 bits per heavy atom. The number of nitrogens with zero attached hydrogens (tertiary/aromatic N) is 2. The summed E-state index contributed by atoms with van der Waals surface area (Å²) < 4.78 is 3.01. The number of carboxylic acid groups (broad SMARTS) is 1. The molecular weight excluding hydrogens is 332 g/mol. The summed E-state index contributed by atoms with van der Waals surface area (Å²) in [4.78, 5) is 15.5. The second kappa shape index (κ2) is 5.33. The minimum atomic E-state index is -0.957. The summed E-state index contributed by atoms with van der Waals surface area (Å²) in [5, 5.41) is 9.23. The van der Waals surface area contributed by atoms with Gasteiger partial charge in [0.2, 0.25) is 0 Å². The molecule has 0 saturated heterocycles. The first-order chi connectivity index (χ1) is 10.1. The lowest BCUT2D eigenvalue weighted by molar-refractivity contribution is 0.0699. The monoisotopic (exact) mass is 344 g/mol. The summed E-state index contributed by atoms with van der Waals surface area (Å²) in [7, 11) is 0. The highest BCUT2D eigenvalue weighted by molar-refractivity contribution is 9.10. The lowest BCUT2D eigenvalue weighted by Crippen LogP contribution is -2.05. The Hall–Kier alpha value is -2.14. The number of aromatic carboxylic acids is 1. The lowest BCUT2D eigenvalue weighted by Gasteiger charge is -2.15. The Labute approximate surface area is 130 Å². The second-order valence-corrected chi connectivity index (χ2v) is 5.78. The maximum absolute atomic E-state index is 11.3. The molecule has 106 valence electrons. The van der Waals surface area contributed by atoms with Crippen molar-refractivity contribution in [3.63, 3.8) is 0 Å². The third-order valence-electron chi connectivity index (χ3n) is 3.58. The molecule has 0 saturated carbocycles. The number of benzene rings is 2. The first-order valence-corrected chi connectivity index (χ1v) is 7.31. The molecule has 1 N–H and O–H groups in total. The fraction of sp³-hybridized carbons (Fsp3) is 0.125. The summed E-state index contributed by atoms with van der Waals surface area (Å²) in [6, 6.07) is 13.3. The van der Waals surface area contributed by atoms with Crippen molar-refractivity contribution in [3.05, 3.63) is 64.4 Å². The number of hydrogen-bond donors (Lipinski definition) is 1. The molecule has 0 aliphatic carbocycles. The van der Waals surface area contributed by atoms with Crippen LogP contribution in [0.25, 0.3) is 11.0 Å². The molecule has 1 aromatic heterocycles. The number of fused-ring (bicyclic) bond motifs is 1. The number of rotatable bonds is 3. The van der Waals surface area contributed by atoms with Gasteiger partial charge in [0.25, 0.3) is 0 Å². The number of carbonyl (C=O) groups is 1. The first kappa shape index (κ1) is 13.8. The van der Waals surface area contributed by atoms with Crippen LogP contribution in [0.15, 0.2) is 53.3 Å². The molecule has 21 heavy (non-hydrogen) atoms. The van der Waals surface area contributed by atoms with Crippen LogP contribution in [-0.2, 0) is 0 Å². The third kappa shape index (κ3) is 2.45. The molecular formula is C16H13BrN2O2. The zero-order valence-electron chi connectivity index (χ0n) is 11.3. The van der Waals surface area contributed by atoms with E-state index in [1.54, 1.807) is 18.5 Å². The van der Waals surface area contributed by atoms with Gasteiger partial charge in [0.15, 0.2) is 0 Å². The average Bonchev–Trinajstić information content (AvgIpc) is 2.90. The average molecular weight is 345 g/mol. The minimum Gasteiger partial charge on any atom is -0.478 e. The Balaban J connectivity index is 2.13. The maximum atomic E-state index is 11.3. The van der Waals surface area contributed by atoms with Crippen LogP contribution in [0.5, 0.6) is 0 Å². The molecule has 3 rings (SSSR count). The molecule has 2 aromatic carbocycles. The van der Waals surface area contributed by atoms with Crippen LogP contribution in [0.1, 0.15) is 28.9 Å². The van der Waals surface area contributed by atoms with Crippen molar-refractivity contribution < 1.29 is 9.90 Å². The number of aromatic nitrogens is 2. The maximum Gasteiger partial charge on any atom is 0.337 e. The molecule has 0 bridgehead atoms. The van der Waals surface area contributed by atoms with Crippen molar-refractivity contribution in [2.45, 2.75) is 13.0 Å². The van der Waals surface area contributed by atoms with Crippen molar-refractivity contribution in [3.8, 4) is 0 Å². The van der Waals surface area contributed by atoms with E-state index in [0.29, 0.717) is 5.52 Å². The topological polar surface area (TPSA) is 55.1 Å². The fourth-order valence-corrected chi connectivity index (χ4v) is 2.88. The van der Waals surface area contributed by atoms with Crippen LogP contribution in [0, 0.1) is 0 Å². The van der Waals surface area contributed by atoms with Gasteiger partial charge < -0.3 is 9.67 Å². The van der Waals surface area contributed by atoms with Crippen LogP contribution >= 0.6 is 15.9 Å². The molecule has 0 radical (unpaired) electrons. The number of para-hydroxylation sites is 1. The van der Waals surface area contributed by atoms with E-state index in [1.807, 2.05) is 28.8 Å². The van der Waals surface area contributed by atoms with E-state index < -0.39 is 5.97 Å². The van der Waals surface area contributed by atoms with E-state index in [1.165, 1.54) is 0 Å². The molecule has 0 aliphatic heterocycles. The highest BCUT2D eigenvalue weighted by Gasteiger charge is 2.16. The molecule has 1 unspecified atom stereocenters. The summed E-state index contributed by atoms with van der Waals surface area (Å²) in [5.74, 6) is -0.957. The number of carboxylic acids is 1. The number of halogens is 1. The Morgan fingerprint density at radius 3 is 2.76 bits per heavy atom. The molecule has 1 heterocycles. The predicted octanol–water partition coefficient (Wildman–Crippen LogP) is 4.11. The van der Waals surface area contributed by atoms with Gasteiger partial charge in [-0.15, -0.1) is 0 Å². The molecule has 3 aromatic rings. The molecule has 0 aliphatic rings. The van der Waals surface area contributed by atoms with E-state index in [-0.39, 0.29) is 11.6 Å². The van der Waals surface area contributed by atoms with Gasteiger partial charge >= 0.3 is 5.97 Å². The fourth-order valence-electron chi connectivity index (χ4n) is 2.47. The van der Waals surface area contributed by atoms with Gasteiger partial charge in [-0.25, -0.2) is 9.78 Å². The van der Waals surface area contributed by atoms with Crippen LogP contribution < -0.4 is 0 Å². The Morgan fingerprint density at radius 1 is 1.29 bits per heavy atom. The Bertz CT molecular complexity index is 826. The molecule has 0 fully saturated rings. The van der Waals surface area contributed by atoms with Crippen LogP contribution in [0.4, 0.5) is 0 Å². The van der Waals surface area contributed by atoms with Crippen LogP contribution in [0.2, 0.25) is 0 Å². The smallest absolute Gasteiger partial charge is 0.337 e. The van der Waals surface area contributed by atoms with E-state index >= 15 is 0 Å². The lowest BCUT2D eigenvalue weighted by atomic mass is 10.1. The highest BCUT2D eigenvalue weighted by atomic mass is 79.9. The molecule has 0 amide bonds. The largest absolute Gasteiger partial charge is 0.478 e. The third-order valence-corrected chi connectivity index (χ3v) is 4.08. The predicted molar refractivity (Wildman–Crippen MR) is 84.6 cm³/mol. The molecule has 5 heteroatoms. The van der Waals surface area contributed by atoms with Gasteiger partial charge in [-0.3, -0.25) is 0 Å². The quantitative estimate of drug-likeness (QED) is 0.777. The van der Waals surface area contributed by atoms with Crippen LogP contribution in [-0.4, -0.2) is 20.6 Å². The van der Waals surface area contributed by atoms with Crippen molar-refractivity contribution in [1.29, 1.82) is 0 Å². The second-order valence-electron chi connectivity index (χ2n) is 4.86. The van der Waals surface area contributed by atoms with E-state index in [9.17, 15) is 9.90 Å². The van der Waals surface area contributed by atoms with Crippen molar-refractivity contribution in [1.82, 2.24) is 9.55 Å². The zero-order chi connectivity index (χ0) is 15.0. The minimum absolute atomic E-state index is 0.0662. The van der Waals surface area contributed by atoms with Crippen molar-refractivity contribution >= 4 is 32.9 Å². The van der Waals surface area contributed by atoms with Gasteiger partial charge in [0.05, 0.1) is 23.4 Å². The van der Waals surface area contributed by atoms with E-state index in [2.05, 4.69) is 33.9 Å². The molecule has 0 spiro atoms. The van der Waals surface area contributed by atoms with Crippen molar-refractivity contribution in [2.24, 2.45) is 0 Å². The summed E-state index contributed by atoms with van der Waals surface area (Å²) >= 11 is 3.47. The van der Waals surface area contributed by atoms with Crippen LogP contribution in [0.3, 0.4) is 0 Å². The summed E-state index contributed by atoms with van der Waals surface area (Å²) in [6.45, 7) is 2.07. The van der Waals surface area contributed by atoms with Gasteiger partial charge in [0, 0.05) is 4.47 Å². The van der Waals surface area contributed by atoms with Crippen molar-refractivity contribution in [2.75, 3.05) is 0 Å². The van der Waals surface area contributed by atoms with Gasteiger partial charge in [0.1, 0.15) is 5.52 Å².